The van der Waals surface area contributed by atoms with Gasteiger partial charge in [-0.1, -0.05) is 0 Å². The number of hydrogen-bond donors (Lipinski definition) is 2. The Balaban J connectivity index is 2.40. The molecule has 2 atom stereocenters. The van der Waals surface area contributed by atoms with E-state index in [0.717, 1.165) is 5.75 Å². The molecule has 1 rings (SSSR count). The van der Waals surface area contributed by atoms with E-state index >= 15 is 0 Å². The molecule has 1 heterocycles. The molecule has 1 aliphatic heterocycles. The van der Waals surface area contributed by atoms with Crippen molar-refractivity contribution in [3.63, 3.8) is 0 Å². The summed E-state index contributed by atoms with van der Waals surface area (Å²) in [5.41, 5.74) is 5.53. The predicted molar refractivity (Wildman–Crippen MR) is 42.4 cm³/mol. The van der Waals surface area contributed by atoms with Crippen molar-refractivity contribution in [2.45, 2.75) is 9.25 Å². The fraction of sp³-hybridized carbons (Fsp3) is 0.800. The molecule has 5 heteroatoms. The Morgan fingerprint density at radius 1 is 2.00 bits per heavy atom. The number of carboxylic acids is 1. The van der Waals surface area contributed by atoms with Crippen molar-refractivity contribution in [2.75, 3.05) is 12.0 Å². The molecule has 0 spiro atoms. The maximum atomic E-state index is 10.4. The summed E-state index contributed by atoms with van der Waals surface area (Å²) in [7, 11) is 0. The van der Waals surface area contributed by atoms with Crippen LogP contribution >= 0.6 is 11.8 Å². The quantitative estimate of drug-likeness (QED) is 0.642. The van der Waals surface area contributed by atoms with Crippen LogP contribution in [-0.4, -0.2) is 42.5 Å². The normalized spacial score (nSPS) is 37.6. The third-order valence-electron chi connectivity index (χ3n) is 1.41. The van der Waals surface area contributed by atoms with Crippen LogP contribution in [-0.2, 0) is 4.79 Å². The van der Waals surface area contributed by atoms with Crippen LogP contribution in [0.15, 0.2) is 0 Å². The summed E-state index contributed by atoms with van der Waals surface area (Å²) in [5, 5.41) is 8.59. The molecule has 10 heavy (non-hydrogen) atoms. The molecule has 58 valence electrons. The second-order valence-electron chi connectivity index (χ2n) is 2.16. The molecule has 0 saturated carbocycles. The van der Waals surface area contributed by atoms with Gasteiger partial charge >= 0.3 is 69.6 Å². The van der Waals surface area contributed by atoms with Crippen molar-refractivity contribution in [1.82, 2.24) is 0 Å². The Morgan fingerprint density at radius 3 is 2.90 bits per heavy atom. The van der Waals surface area contributed by atoms with Crippen LogP contribution in [0.5, 0.6) is 0 Å². The first-order valence-electron chi connectivity index (χ1n) is 2.80. The number of rotatable bonds is 3. The fourth-order valence-corrected chi connectivity index (χ4v) is 4.30. The van der Waals surface area contributed by atoms with Gasteiger partial charge in [0.25, 0.3) is 0 Å². The van der Waals surface area contributed by atoms with E-state index < -0.39 is 10.4 Å². The standard InChI is InChI=1S/C5H9NO2SSe/c1-9-2-3-5(6,10-3)4(7)8/h3H,2,6H2,1H3,(H,7,8)/t3?,5-/m0/s1. The van der Waals surface area contributed by atoms with Crippen LogP contribution in [0.1, 0.15) is 0 Å². The first-order chi connectivity index (χ1) is 4.61. The topological polar surface area (TPSA) is 63.3 Å². The third-order valence-corrected chi connectivity index (χ3v) is 5.53. The van der Waals surface area contributed by atoms with E-state index in [1.54, 1.807) is 11.8 Å². The summed E-state index contributed by atoms with van der Waals surface area (Å²) in [6, 6.07) is 0. The molecule has 0 amide bonds. The Labute approximate surface area is 69.9 Å². The van der Waals surface area contributed by atoms with E-state index in [4.69, 9.17) is 10.8 Å². The van der Waals surface area contributed by atoms with Crippen molar-refractivity contribution in [3.8, 4) is 0 Å². The number of nitrogens with two attached hydrogens (primary N) is 1. The minimum absolute atomic E-state index is 0.127. The van der Waals surface area contributed by atoms with Gasteiger partial charge in [-0.3, -0.25) is 0 Å². The van der Waals surface area contributed by atoms with Crippen LogP contribution in [0.3, 0.4) is 0 Å². The van der Waals surface area contributed by atoms with Gasteiger partial charge in [0, 0.05) is 0 Å². The molecule has 3 N–H and O–H groups in total. The monoisotopic (exact) mass is 227 g/mol. The number of carboxylic acid groups (broad SMARTS) is 1. The first-order valence-corrected chi connectivity index (χ1v) is 6.04. The van der Waals surface area contributed by atoms with Crippen LogP contribution in [0.2, 0.25) is 4.82 Å². The van der Waals surface area contributed by atoms with Gasteiger partial charge in [-0.2, -0.15) is 0 Å². The predicted octanol–water partition coefficient (Wildman–Crippen LogP) is -0.405. The van der Waals surface area contributed by atoms with Crippen molar-refractivity contribution in [3.05, 3.63) is 0 Å². The van der Waals surface area contributed by atoms with E-state index in [9.17, 15) is 4.79 Å². The molecule has 3 nitrogen and oxygen atoms in total. The van der Waals surface area contributed by atoms with Crippen molar-refractivity contribution in [2.24, 2.45) is 5.73 Å². The molecule has 0 aromatic heterocycles. The Morgan fingerprint density at radius 2 is 2.60 bits per heavy atom. The van der Waals surface area contributed by atoms with E-state index in [2.05, 4.69) is 0 Å². The SMILES string of the molecule is CSCC1[Se][C@]1(N)C(=O)O. The van der Waals surface area contributed by atoms with E-state index in [1.807, 2.05) is 6.26 Å². The Hall–Kier alpha value is 0.299. The molecular formula is C5H9NO2SSe. The van der Waals surface area contributed by atoms with E-state index in [-0.39, 0.29) is 19.8 Å². The zero-order valence-electron chi connectivity index (χ0n) is 5.53. The minimum atomic E-state index is -0.827. The molecule has 0 radical (unpaired) electrons. The summed E-state index contributed by atoms with van der Waals surface area (Å²) in [6.07, 6.45) is 1.97. The number of hydrogen-bond acceptors (Lipinski definition) is 3. The van der Waals surface area contributed by atoms with Gasteiger partial charge in [0.05, 0.1) is 0 Å². The second-order valence-corrected chi connectivity index (χ2v) is 6.18. The van der Waals surface area contributed by atoms with Gasteiger partial charge in [0.1, 0.15) is 0 Å². The molecule has 1 fully saturated rings. The number of carbonyl (C=O) groups is 1. The van der Waals surface area contributed by atoms with E-state index in [0.29, 0.717) is 0 Å². The van der Waals surface area contributed by atoms with Gasteiger partial charge in [-0.05, 0) is 0 Å². The summed E-state index contributed by atoms with van der Waals surface area (Å²) in [5.74, 6) is 0.0644. The summed E-state index contributed by atoms with van der Waals surface area (Å²) < 4.78 is -0.823. The van der Waals surface area contributed by atoms with Gasteiger partial charge in [-0.15, -0.1) is 0 Å². The molecule has 1 aliphatic rings. The Bertz CT molecular complexity index is 166. The van der Waals surface area contributed by atoms with Crippen molar-refractivity contribution in [1.29, 1.82) is 0 Å². The summed E-state index contributed by atoms with van der Waals surface area (Å²) in [6.45, 7) is 0. The van der Waals surface area contributed by atoms with Crippen molar-refractivity contribution >= 4 is 32.7 Å². The zero-order chi connectivity index (χ0) is 7.78. The van der Waals surface area contributed by atoms with Gasteiger partial charge in [0.2, 0.25) is 0 Å². The Kier molecular flexibility index (Phi) is 2.30. The van der Waals surface area contributed by atoms with E-state index in [1.165, 1.54) is 0 Å². The van der Waals surface area contributed by atoms with Crippen molar-refractivity contribution < 1.29 is 9.90 Å². The first kappa shape index (κ1) is 8.40. The van der Waals surface area contributed by atoms with Gasteiger partial charge in [-0.25, -0.2) is 0 Å². The molecular weight excluding hydrogens is 217 g/mol. The average Bonchev–Trinajstić information content (AvgIpc) is 2.45. The fourth-order valence-electron chi connectivity index (χ4n) is 0.699. The van der Waals surface area contributed by atoms with Crippen LogP contribution in [0.4, 0.5) is 0 Å². The van der Waals surface area contributed by atoms with Crippen LogP contribution < -0.4 is 5.73 Å². The van der Waals surface area contributed by atoms with Crippen LogP contribution in [0, 0.1) is 0 Å². The molecule has 1 saturated heterocycles. The summed E-state index contributed by atoms with van der Waals surface area (Å²) >= 11 is 1.79. The molecule has 0 aliphatic carbocycles. The molecule has 0 bridgehead atoms. The number of aliphatic carboxylic acids is 1. The van der Waals surface area contributed by atoms with Crippen LogP contribution in [0.25, 0.3) is 0 Å². The maximum absolute atomic E-state index is 10.4. The molecule has 1 unspecified atom stereocenters. The second kappa shape index (κ2) is 2.74. The van der Waals surface area contributed by atoms with Gasteiger partial charge in [0.15, 0.2) is 0 Å². The van der Waals surface area contributed by atoms with Gasteiger partial charge < -0.3 is 0 Å². The number of thioether (sulfide) groups is 1. The average molecular weight is 226 g/mol. The molecule has 0 aromatic rings. The molecule has 0 aromatic carbocycles. The zero-order valence-corrected chi connectivity index (χ0v) is 8.06. The third kappa shape index (κ3) is 1.32. The summed E-state index contributed by atoms with van der Waals surface area (Å²) in [4.78, 5) is 10.7.